The van der Waals surface area contributed by atoms with E-state index >= 15 is 0 Å². The van der Waals surface area contributed by atoms with Gasteiger partial charge in [0.1, 0.15) is 5.82 Å². The second kappa shape index (κ2) is 10.0. The predicted octanol–water partition coefficient (Wildman–Crippen LogP) is 3.54. The van der Waals surface area contributed by atoms with Gasteiger partial charge in [0.05, 0.1) is 22.6 Å². The van der Waals surface area contributed by atoms with Gasteiger partial charge in [0.15, 0.2) is 0 Å². The van der Waals surface area contributed by atoms with E-state index in [2.05, 4.69) is 10.6 Å². The number of nitrogens with one attached hydrogen (secondary N) is 2. The van der Waals surface area contributed by atoms with E-state index in [1.165, 1.54) is 12.1 Å². The molecular weight excluding hydrogens is 411 g/mol. The van der Waals surface area contributed by atoms with Crippen molar-refractivity contribution in [2.24, 2.45) is 0 Å². The third kappa shape index (κ3) is 4.98. The van der Waals surface area contributed by atoms with Gasteiger partial charge in [0, 0.05) is 32.6 Å². The fourth-order valence-electron chi connectivity index (χ4n) is 3.53. The van der Waals surface area contributed by atoms with Crippen LogP contribution in [0.1, 0.15) is 28.8 Å². The fourth-order valence-corrected chi connectivity index (χ4v) is 3.79. The molecule has 3 rings (SSSR count). The predicted molar refractivity (Wildman–Crippen MR) is 112 cm³/mol. The maximum Gasteiger partial charge on any atom is 0.252 e. The molecule has 6 nitrogen and oxygen atoms in total. The Morgan fingerprint density at radius 2 is 1.87 bits per heavy atom. The lowest BCUT2D eigenvalue weighted by Crippen LogP contribution is -2.44. The third-order valence-corrected chi connectivity index (χ3v) is 5.55. The molecule has 30 heavy (non-hydrogen) atoms. The second-order valence-corrected chi connectivity index (χ2v) is 7.51. The average molecular weight is 435 g/mol. The molecule has 1 aliphatic rings. The van der Waals surface area contributed by atoms with Gasteiger partial charge in [-0.3, -0.25) is 9.59 Å². The van der Waals surface area contributed by atoms with Crippen LogP contribution in [-0.4, -0.2) is 45.3 Å². The molecular formula is C22H24ClFN2O4. The molecule has 1 aliphatic heterocycles. The summed E-state index contributed by atoms with van der Waals surface area (Å²) >= 11 is 6.27. The minimum Gasteiger partial charge on any atom is -0.383 e. The highest BCUT2D eigenvalue weighted by atomic mass is 35.5. The lowest BCUT2D eigenvalue weighted by Gasteiger charge is -2.36. The van der Waals surface area contributed by atoms with Crippen LogP contribution in [0.2, 0.25) is 5.02 Å². The highest BCUT2D eigenvalue weighted by Crippen LogP contribution is 2.36. The Bertz CT molecular complexity index is 899. The first-order valence-electron chi connectivity index (χ1n) is 9.68. The fraction of sp³-hybridized carbons (Fsp3) is 0.364. The first-order valence-corrected chi connectivity index (χ1v) is 10.1. The van der Waals surface area contributed by atoms with Gasteiger partial charge in [-0.2, -0.15) is 0 Å². The molecule has 0 saturated carbocycles. The van der Waals surface area contributed by atoms with Gasteiger partial charge >= 0.3 is 0 Å². The average Bonchev–Trinajstić information content (AvgIpc) is 2.75. The highest BCUT2D eigenvalue weighted by Gasteiger charge is 2.41. The number of carbonyl (C=O) groups excluding carboxylic acids is 2. The van der Waals surface area contributed by atoms with E-state index in [9.17, 15) is 14.0 Å². The van der Waals surface area contributed by atoms with E-state index in [1.807, 2.05) is 0 Å². The normalized spacial score (nSPS) is 15.4. The summed E-state index contributed by atoms with van der Waals surface area (Å²) in [5.74, 6) is -0.888. The third-order valence-electron chi connectivity index (χ3n) is 5.24. The summed E-state index contributed by atoms with van der Waals surface area (Å²) in [5.41, 5.74) is 0.704. The smallest absolute Gasteiger partial charge is 0.252 e. The number of methoxy groups -OCH3 is 1. The van der Waals surface area contributed by atoms with Crippen LogP contribution in [0.15, 0.2) is 42.5 Å². The summed E-state index contributed by atoms with van der Waals surface area (Å²) in [6.07, 6.45) is 0.969. The van der Waals surface area contributed by atoms with Gasteiger partial charge < -0.3 is 20.1 Å². The second-order valence-electron chi connectivity index (χ2n) is 7.10. The van der Waals surface area contributed by atoms with E-state index in [0.717, 1.165) is 5.56 Å². The topological polar surface area (TPSA) is 76.7 Å². The van der Waals surface area contributed by atoms with Crippen LogP contribution in [0.4, 0.5) is 10.1 Å². The first kappa shape index (κ1) is 22.2. The summed E-state index contributed by atoms with van der Waals surface area (Å²) < 4.78 is 23.7. The van der Waals surface area contributed by atoms with Crippen LogP contribution in [0.25, 0.3) is 0 Å². The Balaban J connectivity index is 1.78. The Morgan fingerprint density at radius 1 is 1.17 bits per heavy atom. The van der Waals surface area contributed by atoms with Crippen LogP contribution in [0, 0.1) is 5.82 Å². The van der Waals surface area contributed by atoms with Crippen LogP contribution in [0.3, 0.4) is 0 Å². The van der Waals surface area contributed by atoms with E-state index in [1.54, 1.807) is 37.4 Å². The van der Waals surface area contributed by atoms with Gasteiger partial charge in [0.2, 0.25) is 5.91 Å². The van der Waals surface area contributed by atoms with Crippen LogP contribution in [0.5, 0.6) is 0 Å². The summed E-state index contributed by atoms with van der Waals surface area (Å²) in [4.78, 5) is 25.5. The van der Waals surface area contributed by atoms with Crippen molar-refractivity contribution in [3.8, 4) is 0 Å². The maximum absolute atomic E-state index is 13.4. The molecule has 1 saturated heterocycles. The van der Waals surface area contributed by atoms with Crippen LogP contribution < -0.4 is 10.6 Å². The monoisotopic (exact) mass is 434 g/mol. The van der Waals surface area contributed by atoms with Gasteiger partial charge in [0.25, 0.3) is 5.91 Å². The van der Waals surface area contributed by atoms with Crippen molar-refractivity contribution in [1.82, 2.24) is 5.32 Å². The minimum atomic E-state index is -0.825. The lowest BCUT2D eigenvalue weighted by molar-refractivity contribution is -0.125. The van der Waals surface area contributed by atoms with Crippen LogP contribution in [-0.2, 0) is 19.7 Å². The molecule has 0 unspecified atom stereocenters. The molecule has 2 aromatic rings. The van der Waals surface area contributed by atoms with Crippen molar-refractivity contribution >= 4 is 29.1 Å². The van der Waals surface area contributed by atoms with Gasteiger partial charge in [-0.1, -0.05) is 23.7 Å². The van der Waals surface area contributed by atoms with Gasteiger partial charge in [-0.25, -0.2) is 4.39 Å². The van der Waals surface area contributed by atoms with Crippen LogP contribution >= 0.6 is 11.6 Å². The molecule has 1 fully saturated rings. The Labute approximate surface area is 179 Å². The number of anilines is 1. The lowest BCUT2D eigenvalue weighted by atomic mass is 9.73. The van der Waals surface area contributed by atoms with E-state index in [-0.39, 0.29) is 22.7 Å². The van der Waals surface area contributed by atoms with Crippen molar-refractivity contribution < 1.29 is 23.5 Å². The van der Waals surface area contributed by atoms with Crippen molar-refractivity contribution in [2.45, 2.75) is 18.3 Å². The molecule has 8 heteroatoms. The van der Waals surface area contributed by atoms with E-state index in [0.29, 0.717) is 50.5 Å². The van der Waals surface area contributed by atoms with Crippen molar-refractivity contribution in [2.75, 3.05) is 38.8 Å². The molecule has 0 aromatic heterocycles. The summed E-state index contributed by atoms with van der Waals surface area (Å²) in [6, 6.07) is 10.7. The molecule has 2 aromatic carbocycles. The standard InChI is InChI=1S/C22H24ClFN2O4/c1-29-13-10-25-20(27)18-7-6-17(14-19(18)23)26-21(28)22(8-11-30-12-9-22)15-2-4-16(24)5-3-15/h2-7,14H,8-13H2,1H3,(H,25,27)(H,26,28). The Kier molecular flexibility index (Phi) is 7.42. The zero-order valence-corrected chi connectivity index (χ0v) is 17.4. The number of rotatable bonds is 7. The van der Waals surface area contributed by atoms with Crippen molar-refractivity contribution in [1.29, 1.82) is 0 Å². The summed E-state index contributed by atoms with van der Waals surface area (Å²) in [5, 5.41) is 5.83. The molecule has 0 atom stereocenters. The first-order chi connectivity index (χ1) is 14.5. The number of ether oxygens (including phenoxy) is 2. The summed E-state index contributed by atoms with van der Waals surface area (Å²) in [6.45, 7) is 1.64. The number of carbonyl (C=O) groups is 2. The maximum atomic E-state index is 13.4. The van der Waals surface area contributed by atoms with E-state index in [4.69, 9.17) is 21.1 Å². The summed E-state index contributed by atoms with van der Waals surface area (Å²) in [7, 11) is 1.55. The Morgan fingerprint density at radius 3 is 2.50 bits per heavy atom. The molecule has 0 radical (unpaired) electrons. The highest BCUT2D eigenvalue weighted by molar-refractivity contribution is 6.34. The molecule has 160 valence electrons. The quantitative estimate of drug-likeness (QED) is 0.653. The van der Waals surface area contributed by atoms with Gasteiger partial charge in [-0.15, -0.1) is 0 Å². The molecule has 0 spiro atoms. The number of hydrogen-bond donors (Lipinski definition) is 2. The molecule has 0 aliphatic carbocycles. The molecule has 1 heterocycles. The number of halogens is 2. The van der Waals surface area contributed by atoms with Crippen molar-refractivity contribution in [3.63, 3.8) is 0 Å². The Hall–Kier alpha value is -2.48. The van der Waals surface area contributed by atoms with Crippen molar-refractivity contribution in [3.05, 3.63) is 64.4 Å². The zero-order chi connectivity index (χ0) is 21.6. The largest absolute Gasteiger partial charge is 0.383 e. The number of hydrogen-bond acceptors (Lipinski definition) is 4. The SMILES string of the molecule is COCCNC(=O)c1ccc(NC(=O)C2(c3ccc(F)cc3)CCOCC2)cc1Cl. The zero-order valence-electron chi connectivity index (χ0n) is 16.7. The molecule has 2 amide bonds. The number of amides is 2. The minimum absolute atomic E-state index is 0.217. The van der Waals surface area contributed by atoms with Gasteiger partial charge in [-0.05, 0) is 48.7 Å². The molecule has 0 bridgehead atoms. The number of benzene rings is 2. The molecule has 2 N–H and O–H groups in total. The van der Waals surface area contributed by atoms with E-state index < -0.39 is 5.41 Å².